The Bertz CT molecular complexity index is 429. The first-order valence-corrected chi connectivity index (χ1v) is 5.81. The average molecular weight is 239 g/mol. The van der Waals surface area contributed by atoms with Crippen molar-refractivity contribution in [2.45, 2.75) is 32.2 Å². The lowest BCUT2D eigenvalue weighted by atomic mass is 9.98. The van der Waals surface area contributed by atoms with Gasteiger partial charge in [0.2, 0.25) is 5.91 Å². The molecular weight excluding hydrogens is 224 g/mol. The highest BCUT2D eigenvalue weighted by atomic mass is 35.5. The molecule has 1 atom stereocenters. The quantitative estimate of drug-likeness (QED) is 0.829. The zero-order valence-corrected chi connectivity index (χ0v) is 9.97. The van der Waals surface area contributed by atoms with Crippen molar-refractivity contribution in [1.82, 2.24) is 0 Å². The summed E-state index contributed by atoms with van der Waals surface area (Å²) in [5.41, 5.74) is 8.78. The molecule has 0 radical (unpaired) electrons. The number of carbonyl (C=O) groups is 1. The maximum atomic E-state index is 11.3. The maximum absolute atomic E-state index is 11.3. The molecule has 2 rings (SSSR count). The second-order valence-electron chi connectivity index (χ2n) is 4.34. The molecule has 86 valence electrons. The van der Waals surface area contributed by atoms with Crippen LogP contribution in [-0.2, 0) is 17.6 Å². The van der Waals surface area contributed by atoms with E-state index in [1.807, 2.05) is 13.0 Å². The van der Waals surface area contributed by atoms with Crippen molar-refractivity contribution in [2.24, 2.45) is 5.73 Å². The summed E-state index contributed by atoms with van der Waals surface area (Å²) < 4.78 is 0. The third kappa shape index (κ3) is 2.36. The topological polar surface area (TPSA) is 55.1 Å². The lowest BCUT2D eigenvalue weighted by molar-refractivity contribution is -0.116. The molecular formula is C12H15ClN2O. The van der Waals surface area contributed by atoms with E-state index in [-0.39, 0.29) is 11.9 Å². The van der Waals surface area contributed by atoms with Gasteiger partial charge in [-0.3, -0.25) is 4.79 Å². The van der Waals surface area contributed by atoms with Crippen LogP contribution >= 0.6 is 11.6 Å². The predicted octanol–water partition coefficient (Wildman–Crippen LogP) is 2.11. The van der Waals surface area contributed by atoms with Gasteiger partial charge in [0.1, 0.15) is 0 Å². The number of aryl methyl sites for hydroxylation is 1. The van der Waals surface area contributed by atoms with Gasteiger partial charge in [-0.15, -0.1) is 0 Å². The van der Waals surface area contributed by atoms with Crippen molar-refractivity contribution in [2.75, 3.05) is 5.32 Å². The van der Waals surface area contributed by atoms with Gasteiger partial charge in [0.25, 0.3) is 0 Å². The fourth-order valence-corrected chi connectivity index (χ4v) is 2.31. The lowest BCUT2D eigenvalue weighted by Gasteiger charge is -2.19. The molecule has 0 saturated carbocycles. The minimum Gasteiger partial charge on any atom is -0.328 e. The van der Waals surface area contributed by atoms with E-state index < -0.39 is 0 Å². The zero-order chi connectivity index (χ0) is 11.7. The molecule has 0 spiro atoms. The SMILES string of the molecule is CC(N)Cc1cc(Cl)c2c(c1)CCC(=O)N2. The van der Waals surface area contributed by atoms with Gasteiger partial charge in [0.05, 0.1) is 10.7 Å². The van der Waals surface area contributed by atoms with Crippen LogP contribution in [0.4, 0.5) is 5.69 Å². The Hall–Kier alpha value is -1.06. The van der Waals surface area contributed by atoms with E-state index in [1.165, 1.54) is 0 Å². The number of benzene rings is 1. The summed E-state index contributed by atoms with van der Waals surface area (Å²) in [6.07, 6.45) is 2.10. The molecule has 0 saturated heterocycles. The number of fused-ring (bicyclic) bond motifs is 1. The van der Waals surface area contributed by atoms with E-state index in [0.717, 1.165) is 29.7 Å². The molecule has 1 unspecified atom stereocenters. The minimum absolute atomic E-state index is 0.0364. The lowest BCUT2D eigenvalue weighted by Crippen LogP contribution is -2.21. The van der Waals surface area contributed by atoms with Gasteiger partial charge in [-0.2, -0.15) is 0 Å². The minimum atomic E-state index is 0.0364. The Labute approximate surface area is 100.0 Å². The first-order valence-electron chi connectivity index (χ1n) is 5.43. The Morgan fingerprint density at radius 3 is 2.94 bits per heavy atom. The van der Waals surface area contributed by atoms with Crippen LogP contribution in [-0.4, -0.2) is 11.9 Å². The summed E-state index contributed by atoms with van der Waals surface area (Å²) in [4.78, 5) is 11.3. The molecule has 3 nitrogen and oxygen atoms in total. The van der Waals surface area contributed by atoms with Crippen LogP contribution in [0.1, 0.15) is 24.5 Å². The Morgan fingerprint density at radius 2 is 2.25 bits per heavy atom. The molecule has 1 aromatic rings. The second-order valence-corrected chi connectivity index (χ2v) is 4.75. The van der Waals surface area contributed by atoms with E-state index in [9.17, 15) is 4.79 Å². The van der Waals surface area contributed by atoms with Crippen molar-refractivity contribution < 1.29 is 4.79 Å². The summed E-state index contributed by atoms with van der Waals surface area (Å²) >= 11 is 6.14. The molecule has 4 heteroatoms. The summed E-state index contributed by atoms with van der Waals surface area (Å²) in [7, 11) is 0. The number of hydrogen-bond acceptors (Lipinski definition) is 2. The molecule has 0 fully saturated rings. The largest absolute Gasteiger partial charge is 0.328 e. The van der Waals surface area contributed by atoms with Crippen LogP contribution in [0.5, 0.6) is 0 Å². The third-order valence-electron chi connectivity index (χ3n) is 2.68. The van der Waals surface area contributed by atoms with Crippen LogP contribution in [0.15, 0.2) is 12.1 Å². The van der Waals surface area contributed by atoms with Crippen molar-refractivity contribution >= 4 is 23.2 Å². The highest BCUT2D eigenvalue weighted by Crippen LogP contribution is 2.32. The zero-order valence-electron chi connectivity index (χ0n) is 9.22. The monoisotopic (exact) mass is 238 g/mol. The van der Waals surface area contributed by atoms with Crippen molar-refractivity contribution in [3.63, 3.8) is 0 Å². The van der Waals surface area contributed by atoms with Gasteiger partial charge in [-0.25, -0.2) is 0 Å². The summed E-state index contributed by atoms with van der Waals surface area (Å²) in [6, 6.07) is 4.09. The van der Waals surface area contributed by atoms with Gasteiger partial charge in [-0.1, -0.05) is 17.7 Å². The van der Waals surface area contributed by atoms with Crippen molar-refractivity contribution in [1.29, 1.82) is 0 Å². The van der Waals surface area contributed by atoms with Gasteiger partial charge >= 0.3 is 0 Å². The highest BCUT2D eigenvalue weighted by Gasteiger charge is 2.18. The molecule has 0 aromatic heterocycles. The fourth-order valence-electron chi connectivity index (χ4n) is 2.00. The summed E-state index contributed by atoms with van der Waals surface area (Å²) in [5.74, 6) is 0.0364. The van der Waals surface area contributed by atoms with E-state index in [0.29, 0.717) is 11.4 Å². The number of halogens is 1. The van der Waals surface area contributed by atoms with Gasteiger partial charge in [-0.05, 0) is 37.0 Å². The first-order chi connectivity index (χ1) is 7.56. The molecule has 1 amide bonds. The molecule has 0 aliphatic carbocycles. The third-order valence-corrected chi connectivity index (χ3v) is 2.97. The molecule has 16 heavy (non-hydrogen) atoms. The van der Waals surface area contributed by atoms with Gasteiger partial charge in [0.15, 0.2) is 0 Å². The van der Waals surface area contributed by atoms with E-state index in [4.69, 9.17) is 17.3 Å². The molecule has 1 aliphatic rings. The van der Waals surface area contributed by atoms with Crippen LogP contribution in [0, 0.1) is 0 Å². The first kappa shape index (κ1) is 11.4. The van der Waals surface area contributed by atoms with E-state index >= 15 is 0 Å². The highest BCUT2D eigenvalue weighted by molar-refractivity contribution is 6.34. The Balaban J connectivity index is 2.34. The number of carbonyl (C=O) groups excluding carboxylic acids is 1. The molecule has 1 heterocycles. The van der Waals surface area contributed by atoms with Crippen LogP contribution in [0.25, 0.3) is 0 Å². The predicted molar refractivity (Wildman–Crippen MR) is 65.8 cm³/mol. The van der Waals surface area contributed by atoms with E-state index in [2.05, 4.69) is 11.4 Å². The molecule has 1 aliphatic heterocycles. The second kappa shape index (κ2) is 4.44. The summed E-state index contributed by atoms with van der Waals surface area (Å²) in [5, 5.41) is 3.42. The number of nitrogens with two attached hydrogens (primary N) is 1. The van der Waals surface area contributed by atoms with Crippen LogP contribution in [0.2, 0.25) is 5.02 Å². The number of amides is 1. The number of anilines is 1. The van der Waals surface area contributed by atoms with Gasteiger partial charge < -0.3 is 11.1 Å². The Morgan fingerprint density at radius 1 is 1.50 bits per heavy atom. The van der Waals surface area contributed by atoms with Crippen LogP contribution < -0.4 is 11.1 Å². The smallest absolute Gasteiger partial charge is 0.224 e. The average Bonchev–Trinajstić information content (AvgIpc) is 2.18. The normalized spacial score (nSPS) is 16.6. The van der Waals surface area contributed by atoms with E-state index in [1.54, 1.807) is 0 Å². The Kier molecular flexibility index (Phi) is 3.17. The standard InChI is InChI=1S/C12H15ClN2O/c1-7(14)4-8-5-9-2-3-11(16)15-12(9)10(13)6-8/h5-7H,2-4,14H2,1H3,(H,15,16). The number of nitrogens with one attached hydrogen (secondary N) is 1. The maximum Gasteiger partial charge on any atom is 0.224 e. The van der Waals surface area contributed by atoms with Crippen LogP contribution in [0.3, 0.4) is 0 Å². The number of rotatable bonds is 2. The molecule has 1 aromatic carbocycles. The van der Waals surface area contributed by atoms with Crippen molar-refractivity contribution in [3.8, 4) is 0 Å². The fraction of sp³-hybridized carbons (Fsp3) is 0.417. The van der Waals surface area contributed by atoms with Gasteiger partial charge in [0, 0.05) is 12.5 Å². The molecule has 3 N–H and O–H groups in total. The summed E-state index contributed by atoms with van der Waals surface area (Å²) in [6.45, 7) is 1.97. The number of hydrogen-bond donors (Lipinski definition) is 2. The molecule has 0 bridgehead atoms. The van der Waals surface area contributed by atoms with Crippen molar-refractivity contribution in [3.05, 3.63) is 28.3 Å².